The van der Waals surface area contributed by atoms with Crippen LogP contribution < -0.4 is 20.1 Å². The number of benzene rings is 2. The Morgan fingerprint density at radius 2 is 1.91 bits per heavy atom. The number of fused-ring (bicyclic) bond motifs is 1. The van der Waals surface area contributed by atoms with E-state index in [2.05, 4.69) is 20.8 Å². The number of para-hydroxylation sites is 1. The summed E-state index contributed by atoms with van der Waals surface area (Å²) in [5.41, 5.74) is 0.706. The van der Waals surface area contributed by atoms with Crippen LogP contribution in [0.3, 0.4) is 0 Å². The molecular weight excluding hydrogens is 437 g/mol. The average Bonchev–Trinajstić information content (AvgIpc) is 3.40. The molecule has 2 N–H and O–H groups in total. The number of nitrogens with zero attached hydrogens (tertiary/aromatic N) is 3. The van der Waals surface area contributed by atoms with Crippen LogP contribution in [0.4, 0.5) is 15.8 Å². The Balaban J connectivity index is 1.34. The number of ether oxygens (including phenoxy) is 2. The molecule has 2 aromatic carbocycles. The fraction of sp³-hybridized carbons (Fsp3) is 0.238. The molecule has 0 fully saturated rings. The molecule has 0 bridgehead atoms. The van der Waals surface area contributed by atoms with Crippen molar-refractivity contribution in [3.8, 4) is 11.5 Å². The monoisotopic (exact) mass is 457 g/mol. The molecule has 0 unspecified atom stereocenters. The minimum atomic E-state index is -0.512. The van der Waals surface area contributed by atoms with E-state index in [0.29, 0.717) is 34.7 Å². The molecular formula is C21H20FN5O4S. The van der Waals surface area contributed by atoms with Gasteiger partial charge in [-0.3, -0.25) is 9.59 Å². The molecule has 1 aliphatic heterocycles. The molecule has 2 amide bonds. The van der Waals surface area contributed by atoms with Gasteiger partial charge in [-0.15, -0.1) is 10.2 Å². The summed E-state index contributed by atoms with van der Waals surface area (Å²) < 4.78 is 26.0. The van der Waals surface area contributed by atoms with Gasteiger partial charge < -0.3 is 24.7 Å². The number of aromatic nitrogens is 3. The van der Waals surface area contributed by atoms with Gasteiger partial charge >= 0.3 is 0 Å². The number of halogens is 1. The lowest BCUT2D eigenvalue weighted by Gasteiger charge is -2.09. The molecule has 4 rings (SSSR count). The smallest absolute Gasteiger partial charge is 0.234 e. The van der Waals surface area contributed by atoms with Crippen molar-refractivity contribution in [2.24, 2.45) is 0 Å². The third-order valence-corrected chi connectivity index (χ3v) is 5.53. The highest BCUT2D eigenvalue weighted by molar-refractivity contribution is 7.99. The van der Waals surface area contributed by atoms with E-state index >= 15 is 0 Å². The van der Waals surface area contributed by atoms with Crippen LogP contribution in [0.2, 0.25) is 0 Å². The SMILES string of the molecule is CCn1c(CC(=O)Nc2ccccc2F)nnc1SCC(=O)Nc1ccc2c(c1)OCO2. The number of nitrogens with one attached hydrogen (secondary N) is 2. The van der Waals surface area contributed by atoms with Crippen LogP contribution in [0, 0.1) is 5.82 Å². The van der Waals surface area contributed by atoms with Crippen LogP contribution in [-0.2, 0) is 22.6 Å². The number of carbonyl (C=O) groups excluding carboxylic acids is 2. The Morgan fingerprint density at radius 3 is 2.72 bits per heavy atom. The summed E-state index contributed by atoms with van der Waals surface area (Å²) in [5, 5.41) is 14.0. The summed E-state index contributed by atoms with van der Waals surface area (Å²) in [4.78, 5) is 24.7. The fourth-order valence-electron chi connectivity index (χ4n) is 3.08. The molecule has 0 saturated carbocycles. The molecule has 1 aromatic heterocycles. The summed E-state index contributed by atoms with van der Waals surface area (Å²) in [6.07, 6.45) is -0.0703. The number of amides is 2. The first-order valence-corrected chi connectivity index (χ1v) is 10.8. The highest BCUT2D eigenvalue weighted by Gasteiger charge is 2.18. The zero-order valence-corrected chi connectivity index (χ0v) is 17.9. The highest BCUT2D eigenvalue weighted by atomic mass is 32.2. The van der Waals surface area contributed by atoms with Crippen LogP contribution in [0.15, 0.2) is 47.6 Å². The van der Waals surface area contributed by atoms with E-state index in [1.54, 1.807) is 34.9 Å². The standard InChI is InChI=1S/C21H20FN5O4S/c1-2-27-18(10-19(28)24-15-6-4-3-5-14(15)22)25-26-21(27)32-11-20(29)23-13-7-8-16-17(9-13)31-12-30-16/h3-9H,2,10-12H2,1H3,(H,23,29)(H,24,28). The van der Waals surface area contributed by atoms with E-state index in [9.17, 15) is 14.0 Å². The average molecular weight is 457 g/mol. The van der Waals surface area contributed by atoms with Crippen molar-refractivity contribution in [3.63, 3.8) is 0 Å². The fourth-order valence-corrected chi connectivity index (χ4v) is 3.90. The highest BCUT2D eigenvalue weighted by Crippen LogP contribution is 2.34. The van der Waals surface area contributed by atoms with Gasteiger partial charge in [0.1, 0.15) is 11.6 Å². The molecule has 32 heavy (non-hydrogen) atoms. The van der Waals surface area contributed by atoms with Crippen molar-refractivity contribution in [1.82, 2.24) is 14.8 Å². The summed E-state index contributed by atoms with van der Waals surface area (Å²) in [6, 6.07) is 11.1. The van der Waals surface area contributed by atoms with Crippen molar-refractivity contribution >= 4 is 35.0 Å². The number of hydrogen-bond acceptors (Lipinski definition) is 7. The molecule has 0 atom stereocenters. The summed E-state index contributed by atoms with van der Waals surface area (Å²) in [7, 11) is 0. The second-order valence-corrected chi connectivity index (χ2v) is 7.70. The van der Waals surface area contributed by atoms with E-state index in [1.807, 2.05) is 6.92 Å². The van der Waals surface area contributed by atoms with Crippen LogP contribution in [0.25, 0.3) is 0 Å². The largest absolute Gasteiger partial charge is 0.454 e. The van der Waals surface area contributed by atoms with Gasteiger partial charge in [-0.2, -0.15) is 0 Å². The van der Waals surface area contributed by atoms with E-state index in [1.165, 1.54) is 23.9 Å². The number of hydrogen-bond donors (Lipinski definition) is 2. The maximum absolute atomic E-state index is 13.7. The topological polar surface area (TPSA) is 107 Å². The van der Waals surface area contributed by atoms with Gasteiger partial charge in [0.15, 0.2) is 16.7 Å². The van der Waals surface area contributed by atoms with E-state index in [4.69, 9.17) is 9.47 Å². The van der Waals surface area contributed by atoms with E-state index < -0.39 is 11.7 Å². The number of anilines is 2. The molecule has 0 saturated heterocycles. The van der Waals surface area contributed by atoms with Gasteiger partial charge in [-0.25, -0.2) is 4.39 Å². The molecule has 9 nitrogen and oxygen atoms in total. The Labute approximate surface area is 187 Å². The van der Waals surface area contributed by atoms with Gasteiger partial charge in [0.2, 0.25) is 18.6 Å². The van der Waals surface area contributed by atoms with Crippen LogP contribution >= 0.6 is 11.8 Å². The third kappa shape index (κ3) is 4.99. The maximum Gasteiger partial charge on any atom is 0.234 e. The molecule has 0 radical (unpaired) electrons. The van der Waals surface area contributed by atoms with E-state index in [0.717, 1.165) is 0 Å². The van der Waals surface area contributed by atoms with E-state index in [-0.39, 0.29) is 30.6 Å². The second kappa shape index (κ2) is 9.69. The van der Waals surface area contributed by atoms with Gasteiger partial charge in [0.25, 0.3) is 0 Å². The lowest BCUT2D eigenvalue weighted by atomic mass is 10.3. The molecule has 0 spiro atoms. The first-order valence-electron chi connectivity index (χ1n) is 9.82. The normalized spacial score (nSPS) is 11.9. The molecule has 11 heteroatoms. The zero-order valence-electron chi connectivity index (χ0n) is 17.1. The number of rotatable bonds is 8. The quantitative estimate of drug-likeness (QED) is 0.501. The van der Waals surface area contributed by atoms with Crippen LogP contribution in [0.1, 0.15) is 12.7 Å². The Hall–Kier alpha value is -3.60. The first kappa shape index (κ1) is 21.6. The Kier molecular flexibility index (Phi) is 6.55. The second-order valence-electron chi connectivity index (χ2n) is 6.75. The van der Waals surface area contributed by atoms with Crippen molar-refractivity contribution < 1.29 is 23.5 Å². The first-order chi connectivity index (χ1) is 15.5. The molecule has 2 heterocycles. The summed E-state index contributed by atoms with van der Waals surface area (Å²) in [5.74, 6) is 0.614. The number of thioether (sulfide) groups is 1. The molecule has 1 aliphatic rings. The zero-order chi connectivity index (χ0) is 22.5. The van der Waals surface area contributed by atoms with Crippen molar-refractivity contribution in [3.05, 3.63) is 54.1 Å². The maximum atomic E-state index is 13.7. The molecule has 0 aliphatic carbocycles. The Morgan fingerprint density at radius 1 is 1.09 bits per heavy atom. The third-order valence-electron chi connectivity index (χ3n) is 4.56. The van der Waals surface area contributed by atoms with Crippen LogP contribution in [0.5, 0.6) is 11.5 Å². The van der Waals surface area contributed by atoms with Gasteiger partial charge in [0.05, 0.1) is 17.9 Å². The van der Waals surface area contributed by atoms with Crippen molar-refractivity contribution in [2.45, 2.75) is 25.0 Å². The Bertz CT molecular complexity index is 1150. The minimum absolute atomic E-state index is 0.0703. The van der Waals surface area contributed by atoms with Crippen LogP contribution in [-0.4, -0.2) is 39.1 Å². The van der Waals surface area contributed by atoms with Crippen molar-refractivity contribution in [2.75, 3.05) is 23.2 Å². The predicted octanol–water partition coefficient (Wildman–Crippen LogP) is 3.08. The summed E-state index contributed by atoms with van der Waals surface area (Å²) in [6.45, 7) is 2.57. The van der Waals surface area contributed by atoms with Crippen molar-refractivity contribution in [1.29, 1.82) is 0 Å². The molecule has 3 aromatic rings. The van der Waals surface area contributed by atoms with Gasteiger partial charge in [0, 0.05) is 18.3 Å². The van der Waals surface area contributed by atoms with Gasteiger partial charge in [-0.05, 0) is 31.2 Å². The molecule has 166 valence electrons. The van der Waals surface area contributed by atoms with Gasteiger partial charge in [-0.1, -0.05) is 23.9 Å². The minimum Gasteiger partial charge on any atom is -0.454 e. The number of carbonyl (C=O) groups is 2. The summed E-state index contributed by atoms with van der Waals surface area (Å²) >= 11 is 1.21. The predicted molar refractivity (Wildman–Crippen MR) is 116 cm³/mol. The lowest BCUT2D eigenvalue weighted by Crippen LogP contribution is -2.18. The lowest BCUT2D eigenvalue weighted by molar-refractivity contribution is -0.116.